The fourth-order valence-electron chi connectivity index (χ4n) is 4.13. The van der Waals surface area contributed by atoms with E-state index in [1.54, 1.807) is 12.3 Å². The van der Waals surface area contributed by atoms with Gasteiger partial charge in [0.25, 0.3) is 0 Å². The van der Waals surface area contributed by atoms with Gasteiger partial charge in [-0.15, -0.1) is 0 Å². The highest BCUT2D eigenvalue weighted by Crippen LogP contribution is 2.32. The zero-order chi connectivity index (χ0) is 19.2. The second-order valence-electron chi connectivity index (χ2n) is 8.27. The summed E-state index contributed by atoms with van der Waals surface area (Å²) in [7, 11) is 0. The summed E-state index contributed by atoms with van der Waals surface area (Å²) in [6.45, 7) is 4.05. The highest BCUT2D eigenvalue weighted by molar-refractivity contribution is 5.61. The maximum Gasteiger partial charge on any atom is 0.153 e. The van der Waals surface area contributed by atoms with E-state index >= 15 is 0 Å². The van der Waals surface area contributed by atoms with E-state index in [0.717, 1.165) is 29.8 Å². The molecule has 1 saturated carbocycles. The summed E-state index contributed by atoms with van der Waals surface area (Å²) in [5, 5.41) is 13.7. The van der Waals surface area contributed by atoms with Crippen LogP contribution in [0.4, 0.5) is 10.2 Å². The van der Waals surface area contributed by atoms with Crippen molar-refractivity contribution in [3.63, 3.8) is 0 Å². The largest absolute Gasteiger partial charge is 0.374 e. The molecule has 2 aliphatic carbocycles. The van der Waals surface area contributed by atoms with Crippen molar-refractivity contribution in [3.05, 3.63) is 35.1 Å². The van der Waals surface area contributed by atoms with Crippen LogP contribution in [0.5, 0.6) is 0 Å². The molecule has 1 fully saturated rings. The number of allylic oxidation sites excluding steroid dienone is 3. The van der Waals surface area contributed by atoms with Crippen LogP contribution in [-0.2, 0) is 0 Å². The third kappa shape index (κ3) is 5.86. The molecule has 0 spiro atoms. The van der Waals surface area contributed by atoms with E-state index < -0.39 is 6.23 Å². The van der Waals surface area contributed by atoms with Gasteiger partial charge in [0.15, 0.2) is 5.82 Å². The lowest BCUT2D eigenvalue weighted by molar-refractivity contribution is 0.153. The van der Waals surface area contributed by atoms with Crippen molar-refractivity contribution in [1.82, 2.24) is 9.97 Å². The second-order valence-corrected chi connectivity index (χ2v) is 8.27. The number of rotatable bonds is 6. The van der Waals surface area contributed by atoms with E-state index in [0.29, 0.717) is 24.6 Å². The van der Waals surface area contributed by atoms with E-state index in [-0.39, 0.29) is 11.7 Å². The zero-order valence-corrected chi connectivity index (χ0v) is 16.5. The van der Waals surface area contributed by atoms with Crippen molar-refractivity contribution in [2.75, 3.05) is 5.32 Å². The first kappa shape index (κ1) is 20.0. The molecule has 0 aliphatic heterocycles. The van der Waals surface area contributed by atoms with Crippen molar-refractivity contribution in [2.45, 2.75) is 83.8 Å². The lowest BCUT2D eigenvalue weighted by atomic mass is 9.86. The predicted molar refractivity (Wildman–Crippen MR) is 108 cm³/mol. The second kappa shape index (κ2) is 9.45. The molecule has 148 valence electrons. The molecule has 2 N–H and O–H groups in total. The van der Waals surface area contributed by atoms with Crippen LogP contribution in [0.1, 0.15) is 88.9 Å². The minimum Gasteiger partial charge on any atom is -0.374 e. The number of anilines is 1. The highest BCUT2D eigenvalue weighted by atomic mass is 19.1. The Hall–Kier alpha value is -1.75. The van der Waals surface area contributed by atoms with Crippen molar-refractivity contribution in [1.29, 1.82) is 0 Å². The van der Waals surface area contributed by atoms with Gasteiger partial charge in [-0.2, -0.15) is 0 Å². The van der Waals surface area contributed by atoms with Crippen molar-refractivity contribution < 1.29 is 9.50 Å². The first-order chi connectivity index (χ1) is 13.0. The summed E-state index contributed by atoms with van der Waals surface area (Å²) in [5.74, 6) is 1.40. The van der Waals surface area contributed by atoms with Gasteiger partial charge in [0.1, 0.15) is 11.9 Å². The molecular weight excluding hydrogens is 341 g/mol. The summed E-state index contributed by atoms with van der Waals surface area (Å²) in [5.41, 5.74) is 2.78. The Bertz CT molecular complexity index is 691. The number of nitrogens with zero attached hydrogens (tertiary/aromatic N) is 2. The fourth-order valence-corrected chi connectivity index (χ4v) is 4.13. The van der Waals surface area contributed by atoms with Crippen LogP contribution in [-0.4, -0.2) is 21.3 Å². The van der Waals surface area contributed by atoms with Crippen LogP contribution in [0.15, 0.2) is 23.7 Å². The first-order valence-corrected chi connectivity index (χ1v) is 10.3. The van der Waals surface area contributed by atoms with Crippen LogP contribution in [0.2, 0.25) is 0 Å². The Labute approximate surface area is 162 Å². The highest BCUT2D eigenvalue weighted by Gasteiger charge is 2.21. The topological polar surface area (TPSA) is 58.0 Å². The molecule has 1 heterocycles. The Morgan fingerprint density at radius 1 is 1.30 bits per heavy atom. The molecule has 0 amide bonds. The minimum atomic E-state index is -0.607. The fraction of sp³-hybridized carbons (Fsp3) is 0.636. The molecule has 0 saturated heterocycles. The number of aromatic nitrogens is 2. The molecule has 0 radical (unpaired) electrons. The maximum absolute atomic E-state index is 13.3. The van der Waals surface area contributed by atoms with E-state index in [9.17, 15) is 9.50 Å². The quantitative estimate of drug-likeness (QED) is 0.626. The predicted octanol–water partition coefficient (Wildman–Crippen LogP) is 5.72. The number of nitrogens with one attached hydrogen (secondary N) is 1. The zero-order valence-electron chi connectivity index (χ0n) is 16.5. The molecule has 4 nitrogen and oxygen atoms in total. The van der Waals surface area contributed by atoms with Gasteiger partial charge >= 0.3 is 0 Å². The van der Waals surface area contributed by atoms with Gasteiger partial charge in [-0.05, 0) is 51.5 Å². The molecular formula is C22H32FN3O. The summed E-state index contributed by atoms with van der Waals surface area (Å²) in [4.78, 5) is 9.36. The Morgan fingerprint density at radius 2 is 2.07 bits per heavy atom. The summed E-state index contributed by atoms with van der Waals surface area (Å²) >= 11 is 0. The third-order valence-electron chi connectivity index (χ3n) is 5.60. The first-order valence-electron chi connectivity index (χ1n) is 10.3. The maximum atomic E-state index is 13.3. The SMILES string of the molecule is CC(C)=Cc1nc(C2CC=C(F)CC2)cnc1NC(O)CC1CCCCC1. The van der Waals surface area contributed by atoms with Gasteiger partial charge in [-0.25, -0.2) is 14.4 Å². The van der Waals surface area contributed by atoms with E-state index in [1.807, 2.05) is 19.9 Å². The molecule has 2 atom stereocenters. The van der Waals surface area contributed by atoms with Gasteiger partial charge in [-0.3, -0.25) is 0 Å². The molecule has 1 aromatic rings. The normalized spacial score (nSPS) is 22.1. The van der Waals surface area contributed by atoms with Crippen LogP contribution in [0, 0.1) is 5.92 Å². The van der Waals surface area contributed by atoms with Gasteiger partial charge in [-0.1, -0.05) is 43.8 Å². The smallest absolute Gasteiger partial charge is 0.153 e. The van der Waals surface area contributed by atoms with E-state index in [4.69, 9.17) is 4.98 Å². The van der Waals surface area contributed by atoms with Gasteiger partial charge < -0.3 is 10.4 Å². The Kier molecular flexibility index (Phi) is 7.00. The molecule has 1 aromatic heterocycles. The standard InChI is InChI=1S/C22H32FN3O/c1-15(2)12-19-22(26-21(27)13-16-6-4-3-5-7-16)24-14-20(25-19)17-8-10-18(23)11-9-17/h10,12,14,16-17,21,27H,3-9,11,13H2,1-2H3,(H,24,26). The van der Waals surface area contributed by atoms with Crippen molar-refractivity contribution in [3.8, 4) is 0 Å². The van der Waals surface area contributed by atoms with Crippen LogP contribution in [0.25, 0.3) is 6.08 Å². The van der Waals surface area contributed by atoms with E-state index in [1.165, 1.54) is 32.1 Å². The number of halogens is 1. The monoisotopic (exact) mass is 373 g/mol. The summed E-state index contributed by atoms with van der Waals surface area (Å²) in [6.07, 6.45) is 13.8. The van der Waals surface area contributed by atoms with Crippen LogP contribution >= 0.6 is 0 Å². The molecule has 2 aliphatic rings. The third-order valence-corrected chi connectivity index (χ3v) is 5.60. The lowest BCUT2D eigenvalue weighted by Crippen LogP contribution is -2.25. The Morgan fingerprint density at radius 3 is 2.74 bits per heavy atom. The van der Waals surface area contributed by atoms with E-state index in [2.05, 4.69) is 10.3 Å². The summed E-state index contributed by atoms with van der Waals surface area (Å²) in [6, 6.07) is 0. The molecule has 0 aromatic carbocycles. The molecule has 5 heteroatoms. The summed E-state index contributed by atoms with van der Waals surface area (Å²) < 4.78 is 13.3. The van der Waals surface area contributed by atoms with Gasteiger partial charge in [0, 0.05) is 5.92 Å². The van der Waals surface area contributed by atoms with Crippen LogP contribution in [0.3, 0.4) is 0 Å². The molecule has 0 bridgehead atoms. The molecule has 27 heavy (non-hydrogen) atoms. The number of hydrogen-bond acceptors (Lipinski definition) is 4. The number of hydrogen-bond donors (Lipinski definition) is 2. The Balaban J connectivity index is 1.72. The number of aliphatic hydroxyl groups is 1. The average molecular weight is 374 g/mol. The minimum absolute atomic E-state index is 0.0205. The average Bonchev–Trinajstić information content (AvgIpc) is 2.64. The molecule has 3 rings (SSSR count). The molecule has 2 unspecified atom stereocenters. The van der Waals surface area contributed by atoms with Gasteiger partial charge in [0.05, 0.1) is 17.7 Å². The van der Waals surface area contributed by atoms with Crippen molar-refractivity contribution in [2.24, 2.45) is 5.92 Å². The van der Waals surface area contributed by atoms with Crippen molar-refractivity contribution >= 4 is 11.9 Å². The number of aliphatic hydroxyl groups excluding tert-OH is 1. The lowest BCUT2D eigenvalue weighted by Gasteiger charge is -2.25. The van der Waals surface area contributed by atoms with Crippen LogP contribution < -0.4 is 5.32 Å². The van der Waals surface area contributed by atoms with Gasteiger partial charge in [0.2, 0.25) is 0 Å².